The largest absolute Gasteiger partial charge is 0.357 e. The zero-order chi connectivity index (χ0) is 11.7. The molecule has 0 aliphatic carbocycles. The number of anilines is 1. The van der Waals surface area contributed by atoms with Crippen molar-refractivity contribution < 1.29 is 0 Å². The summed E-state index contributed by atoms with van der Waals surface area (Å²) in [7, 11) is 0. The average molecular weight is 247 g/mol. The second-order valence-corrected chi connectivity index (χ2v) is 5.50. The predicted molar refractivity (Wildman–Crippen MR) is 72.5 cm³/mol. The summed E-state index contributed by atoms with van der Waals surface area (Å²) < 4.78 is 3.19. The molecular formula is C13H17N3S. The van der Waals surface area contributed by atoms with Crippen LogP contribution in [0.2, 0.25) is 0 Å². The maximum atomic E-state index is 4.57. The van der Waals surface area contributed by atoms with E-state index < -0.39 is 0 Å². The van der Waals surface area contributed by atoms with E-state index >= 15 is 0 Å². The molecule has 3 heterocycles. The maximum absolute atomic E-state index is 4.57. The summed E-state index contributed by atoms with van der Waals surface area (Å²) in [6, 6.07) is 4.29. The van der Waals surface area contributed by atoms with Gasteiger partial charge >= 0.3 is 0 Å². The van der Waals surface area contributed by atoms with Crippen LogP contribution in [0, 0.1) is 5.92 Å². The van der Waals surface area contributed by atoms with Crippen LogP contribution in [0.5, 0.6) is 0 Å². The SMILES string of the molecule is CC1CCN(c2ccc(-c3cs[nH]3)cn2)CC1. The minimum absolute atomic E-state index is 0.867. The Kier molecular flexibility index (Phi) is 2.89. The Morgan fingerprint density at radius 2 is 2.12 bits per heavy atom. The molecule has 1 aliphatic heterocycles. The number of hydrogen-bond acceptors (Lipinski definition) is 3. The second kappa shape index (κ2) is 4.53. The van der Waals surface area contributed by atoms with Gasteiger partial charge in [0.1, 0.15) is 5.82 Å². The quantitative estimate of drug-likeness (QED) is 0.882. The van der Waals surface area contributed by atoms with Crippen molar-refractivity contribution in [3.63, 3.8) is 0 Å². The number of rotatable bonds is 2. The van der Waals surface area contributed by atoms with Crippen LogP contribution in [0.15, 0.2) is 23.7 Å². The Morgan fingerprint density at radius 1 is 1.35 bits per heavy atom. The lowest BCUT2D eigenvalue weighted by Crippen LogP contribution is -2.33. The van der Waals surface area contributed by atoms with Gasteiger partial charge in [-0.3, -0.25) is 0 Å². The summed E-state index contributed by atoms with van der Waals surface area (Å²) in [5.41, 5.74) is 2.36. The Morgan fingerprint density at radius 3 is 2.65 bits per heavy atom. The number of aromatic amines is 1. The summed E-state index contributed by atoms with van der Waals surface area (Å²) in [6.07, 6.45) is 4.53. The predicted octanol–water partition coefficient (Wildman–Crippen LogP) is 3.37. The highest BCUT2D eigenvalue weighted by Crippen LogP contribution is 2.24. The molecule has 0 saturated carbocycles. The van der Waals surface area contributed by atoms with Gasteiger partial charge in [-0.05, 0) is 30.9 Å². The lowest BCUT2D eigenvalue weighted by molar-refractivity contribution is 0.436. The molecule has 2 aromatic rings. The average Bonchev–Trinajstić information content (AvgIpc) is 2.29. The Balaban J connectivity index is 1.73. The van der Waals surface area contributed by atoms with Gasteiger partial charge in [-0.15, -0.1) is 0 Å². The van der Waals surface area contributed by atoms with Gasteiger partial charge in [0.05, 0.1) is 5.69 Å². The molecule has 3 nitrogen and oxygen atoms in total. The lowest BCUT2D eigenvalue weighted by atomic mass is 9.99. The summed E-state index contributed by atoms with van der Waals surface area (Å²) in [5, 5.41) is 2.11. The fourth-order valence-corrected chi connectivity index (χ4v) is 2.70. The molecule has 1 N–H and O–H groups in total. The van der Waals surface area contributed by atoms with E-state index in [0.29, 0.717) is 0 Å². The van der Waals surface area contributed by atoms with Gasteiger partial charge in [0, 0.05) is 30.2 Å². The van der Waals surface area contributed by atoms with E-state index in [1.165, 1.54) is 24.1 Å². The summed E-state index contributed by atoms with van der Waals surface area (Å²) in [5.74, 6) is 1.99. The molecule has 0 bridgehead atoms. The number of aromatic nitrogens is 2. The van der Waals surface area contributed by atoms with Crippen LogP contribution in [0.3, 0.4) is 0 Å². The third-order valence-electron chi connectivity index (χ3n) is 3.51. The molecule has 1 aliphatic rings. The monoisotopic (exact) mass is 247 g/mol. The van der Waals surface area contributed by atoms with Crippen molar-refractivity contribution in [2.45, 2.75) is 19.8 Å². The van der Waals surface area contributed by atoms with E-state index in [9.17, 15) is 0 Å². The van der Waals surface area contributed by atoms with Crippen LogP contribution in [0.4, 0.5) is 5.82 Å². The van der Waals surface area contributed by atoms with Crippen LogP contribution < -0.4 is 4.90 Å². The van der Waals surface area contributed by atoms with E-state index in [1.807, 2.05) is 6.20 Å². The first-order valence-corrected chi connectivity index (χ1v) is 7.04. The third kappa shape index (κ3) is 2.22. The number of hydrogen-bond donors (Lipinski definition) is 1. The van der Waals surface area contributed by atoms with Crippen LogP contribution in [0.1, 0.15) is 19.8 Å². The van der Waals surface area contributed by atoms with Gasteiger partial charge in [-0.2, -0.15) is 0 Å². The number of H-pyrrole nitrogens is 1. The normalized spacial score (nSPS) is 17.6. The standard InChI is InChI=1S/C13H17N3S/c1-10-4-6-16(7-5-10)13-3-2-11(8-14-13)12-9-17-15-12/h2-3,8-10,15H,4-7H2,1H3. The molecule has 0 amide bonds. The molecule has 0 aromatic carbocycles. The van der Waals surface area contributed by atoms with Crippen molar-refractivity contribution >= 4 is 17.4 Å². The van der Waals surface area contributed by atoms with Gasteiger partial charge in [0.25, 0.3) is 0 Å². The van der Waals surface area contributed by atoms with Gasteiger partial charge in [-0.1, -0.05) is 18.5 Å². The highest BCUT2D eigenvalue weighted by molar-refractivity contribution is 7.05. The molecular weight excluding hydrogens is 230 g/mol. The van der Waals surface area contributed by atoms with E-state index in [-0.39, 0.29) is 0 Å². The molecule has 1 saturated heterocycles. The van der Waals surface area contributed by atoms with Crippen LogP contribution in [0.25, 0.3) is 11.3 Å². The molecule has 2 aromatic heterocycles. The van der Waals surface area contributed by atoms with Crippen molar-refractivity contribution in [3.05, 3.63) is 23.7 Å². The number of piperidine rings is 1. The fraction of sp³-hybridized carbons (Fsp3) is 0.462. The van der Waals surface area contributed by atoms with E-state index in [4.69, 9.17) is 0 Å². The molecule has 3 rings (SSSR count). The Bertz CT molecular complexity index is 454. The van der Waals surface area contributed by atoms with Crippen LogP contribution in [-0.2, 0) is 0 Å². The molecule has 0 unspecified atom stereocenters. The maximum Gasteiger partial charge on any atom is 0.128 e. The van der Waals surface area contributed by atoms with Crippen molar-refractivity contribution in [1.82, 2.24) is 9.36 Å². The van der Waals surface area contributed by atoms with E-state index in [2.05, 4.69) is 38.7 Å². The molecule has 17 heavy (non-hydrogen) atoms. The smallest absolute Gasteiger partial charge is 0.128 e. The highest BCUT2D eigenvalue weighted by Gasteiger charge is 2.16. The Hall–Kier alpha value is -1.29. The van der Waals surface area contributed by atoms with E-state index in [1.54, 1.807) is 11.5 Å². The molecule has 0 spiro atoms. The summed E-state index contributed by atoms with van der Waals surface area (Å²) >= 11 is 1.62. The van der Waals surface area contributed by atoms with Crippen molar-refractivity contribution in [2.24, 2.45) is 5.92 Å². The molecule has 4 heteroatoms. The van der Waals surface area contributed by atoms with Crippen LogP contribution in [-0.4, -0.2) is 22.4 Å². The molecule has 1 fully saturated rings. The van der Waals surface area contributed by atoms with Gasteiger partial charge in [-0.25, -0.2) is 4.98 Å². The Labute approximate surface area is 106 Å². The van der Waals surface area contributed by atoms with E-state index in [0.717, 1.165) is 24.8 Å². The minimum Gasteiger partial charge on any atom is -0.357 e. The van der Waals surface area contributed by atoms with Gasteiger partial charge < -0.3 is 9.27 Å². The number of nitrogens with zero attached hydrogens (tertiary/aromatic N) is 2. The molecule has 0 atom stereocenters. The zero-order valence-electron chi connectivity index (χ0n) is 10.0. The van der Waals surface area contributed by atoms with Crippen molar-refractivity contribution in [1.29, 1.82) is 0 Å². The first kappa shape index (κ1) is 10.8. The van der Waals surface area contributed by atoms with Crippen molar-refractivity contribution in [2.75, 3.05) is 18.0 Å². The van der Waals surface area contributed by atoms with Crippen LogP contribution >= 0.6 is 11.5 Å². The fourth-order valence-electron chi connectivity index (χ4n) is 2.21. The lowest BCUT2D eigenvalue weighted by Gasteiger charge is -2.31. The highest BCUT2D eigenvalue weighted by atomic mass is 32.1. The first-order chi connectivity index (χ1) is 8.33. The van der Waals surface area contributed by atoms with Crippen molar-refractivity contribution in [3.8, 4) is 11.3 Å². The summed E-state index contributed by atoms with van der Waals surface area (Å²) in [6.45, 7) is 4.62. The first-order valence-electron chi connectivity index (χ1n) is 6.16. The molecule has 0 radical (unpaired) electrons. The summed E-state index contributed by atoms with van der Waals surface area (Å²) in [4.78, 5) is 6.96. The number of nitrogens with one attached hydrogen (secondary N) is 1. The van der Waals surface area contributed by atoms with Gasteiger partial charge in [0.2, 0.25) is 0 Å². The topological polar surface area (TPSA) is 31.9 Å². The third-order valence-corrected chi connectivity index (χ3v) is 4.20. The molecule has 90 valence electrons. The van der Waals surface area contributed by atoms with Gasteiger partial charge in [0.15, 0.2) is 0 Å². The zero-order valence-corrected chi connectivity index (χ0v) is 10.8. The number of pyridine rings is 1. The minimum atomic E-state index is 0.867. The second-order valence-electron chi connectivity index (χ2n) is 4.83.